The van der Waals surface area contributed by atoms with Gasteiger partial charge in [0.1, 0.15) is 0 Å². The van der Waals surface area contributed by atoms with Gasteiger partial charge in [-0.15, -0.1) is 0 Å². The zero-order chi connectivity index (χ0) is 19.9. The molecule has 1 saturated heterocycles. The van der Waals surface area contributed by atoms with Crippen LogP contribution < -0.4 is 15.5 Å². The van der Waals surface area contributed by atoms with Gasteiger partial charge in [-0.3, -0.25) is 14.9 Å². The summed E-state index contributed by atoms with van der Waals surface area (Å²) in [5.41, 5.74) is 2.38. The third-order valence-electron chi connectivity index (χ3n) is 4.69. The number of nitrogens with one attached hydrogen (secondary N) is 2. The van der Waals surface area contributed by atoms with Crippen molar-refractivity contribution in [3.8, 4) is 0 Å². The number of amides is 2. The number of nitrogens with zero attached hydrogens (tertiary/aromatic N) is 2. The fraction of sp³-hybridized carbons (Fsp3) is 0.286. The van der Waals surface area contributed by atoms with Crippen LogP contribution in [0.25, 0.3) is 0 Å². The first-order valence-corrected chi connectivity index (χ1v) is 9.78. The van der Waals surface area contributed by atoms with Crippen LogP contribution in [0.3, 0.4) is 0 Å². The maximum absolute atomic E-state index is 12.3. The Hall–Kier alpha value is -2.93. The summed E-state index contributed by atoms with van der Waals surface area (Å²) >= 11 is 5.33. The van der Waals surface area contributed by atoms with Gasteiger partial charge in [0.15, 0.2) is 5.11 Å². The minimum atomic E-state index is -0.248. The standard InChI is InChI=1S/C21H24N4O2S/c1-2-19(26)25-14-12-24(13-15-25)18-11-7-6-10-17(18)22-21(28)23-20(27)16-8-4-3-5-9-16/h3-11H,2,12-15H2,1H3,(H2,22,23,27,28). The van der Waals surface area contributed by atoms with Crippen molar-refractivity contribution >= 4 is 40.5 Å². The van der Waals surface area contributed by atoms with Crippen LogP contribution in [0.4, 0.5) is 11.4 Å². The fourth-order valence-corrected chi connectivity index (χ4v) is 3.40. The van der Waals surface area contributed by atoms with Crippen LogP contribution in [-0.2, 0) is 4.79 Å². The Balaban J connectivity index is 1.63. The Kier molecular flexibility index (Phi) is 6.60. The van der Waals surface area contributed by atoms with Gasteiger partial charge in [-0.05, 0) is 36.5 Å². The molecule has 1 fully saturated rings. The molecule has 0 aliphatic carbocycles. The highest BCUT2D eigenvalue weighted by Crippen LogP contribution is 2.26. The van der Waals surface area contributed by atoms with E-state index in [1.807, 2.05) is 54.3 Å². The Morgan fingerprint density at radius 1 is 0.964 bits per heavy atom. The number of para-hydroxylation sites is 2. The van der Waals surface area contributed by atoms with Gasteiger partial charge in [0.25, 0.3) is 5.91 Å². The minimum absolute atomic E-state index is 0.191. The monoisotopic (exact) mass is 396 g/mol. The third-order valence-corrected chi connectivity index (χ3v) is 4.89. The molecule has 146 valence electrons. The molecule has 2 amide bonds. The van der Waals surface area contributed by atoms with Crippen molar-refractivity contribution in [3.63, 3.8) is 0 Å². The number of hydrogen-bond donors (Lipinski definition) is 2. The van der Waals surface area contributed by atoms with Gasteiger partial charge >= 0.3 is 0 Å². The van der Waals surface area contributed by atoms with E-state index < -0.39 is 0 Å². The third kappa shape index (κ3) is 4.86. The van der Waals surface area contributed by atoms with Gasteiger partial charge in [0.2, 0.25) is 5.91 Å². The molecule has 7 heteroatoms. The van der Waals surface area contributed by atoms with Crippen molar-refractivity contribution in [3.05, 3.63) is 60.2 Å². The van der Waals surface area contributed by atoms with E-state index in [0.717, 1.165) is 24.5 Å². The number of thiocarbonyl (C=S) groups is 1. The highest BCUT2D eigenvalue weighted by atomic mass is 32.1. The fourth-order valence-electron chi connectivity index (χ4n) is 3.19. The lowest BCUT2D eigenvalue weighted by Gasteiger charge is -2.37. The number of carbonyl (C=O) groups excluding carboxylic acids is 2. The van der Waals surface area contributed by atoms with E-state index in [1.165, 1.54) is 0 Å². The predicted octanol–water partition coefficient (Wildman–Crippen LogP) is 2.87. The summed E-state index contributed by atoms with van der Waals surface area (Å²) in [6.07, 6.45) is 0.535. The molecule has 0 radical (unpaired) electrons. The van der Waals surface area contributed by atoms with Crippen LogP contribution in [0.5, 0.6) is 0 Å². The number of rotatable bonds is 4. The highest BCUT2D eigenvalue weighted by Gasteiger charge is 2.21. The summed E-state index contributed by atoms with van der Waals surface area (Å²) < 4.78 is 0. The number of anilines is 2. The molecule has 2 N–H and O–H groups in total. The number of carbonyl (C=O) groups is 2. The Morgan fingerprint density at radius 3 is 2.29 bits per heavy atom. The van der Waals surface area contributed by atoms with Crippen LogP contribution in [0, 0.1) is 0 Å². The van der Waals surface area contributed by atoms with Gasteiger partial charge in [0, 0.05) is 38.2 Å². The maximum atomic E-state index is 12.3. The molecule has 1 aliphatic heterocycles. The molecule has 2 aromatic carbocycles. The molecule has 0 saturated carbocycles. The Bertz CT molecular complexity index is 848. The molecule has 0 aromatic heterocycles. The van der Waals surface area contributed by atoms with Crippen molar-refractivity contribution in [2.24, 2.45) is 0 Å². The molecular formula is C21H24N4O2S. The van der Waals surface area contributed by atoms with E-state index in [-0.39, 0.29) is 16.9 Å². The molecule has 0 spiro atoms. The summed E-state index contributed by atoms with van der Waals surface area (Å²) in [5, 5.41) is 6.10. The molecule has 2 aromatic rings. The second-order valence-corrected chi connectivity index (χ2v) is 6.92. The summed E-state index contributed by atoms with van der Waals surface area (Å²) in [7, 11) is 0. The first-order valence-electron chi connectivity index (χ1n) is 9.37. The Labute approximate surface area is 170 Å². The lowest BCUT2D eigenvalue weighted by molar-refractivity contribution is -0.131. The average Bonchev–Trinajstić information content (AvgIpc) is 2.74. The van der Waals surface area contributed by atoms with Gasteiger partial charge in [-0.25, -0.2) is 0 Å². The van der Waals surface area contributed by atoms with Crippen LogP contribution in [-0.4, -0.2) is 48.0 Å². The molecule has 28 heavy (non-hydrogen) atoms. The second kappa shape index (κ2) is 9.32. The highest BCUT2D eigenvalue weighted by molar-refractivity contribution is 7.80. The molecule has 6 nitrogen and oxygen atoms in total. The Morgan fingerprint density at radius 2 is 1.61 bits per heavy atom. The van der Waals surface area contributed by atoms with E-state index in [4.69, 9.17) is 12.2 Å². The maximum Gasteiger partial charge on any atom is 0.257 e. The summed E-state index contributed by atoms with van der Waals surface area (Å²) in [6.45, 7) is 4.81. The van der Waals surface area contributed by atoms with E-state index in [0.29, 0.717) is 25.1 Å². The summed E-state index contributed by atoms with van der Waals surface area (Å²) in [4.78, 5) is 28.3. The molecule has 3 rings (SSSR count). The van der Waals surface area contributed by atoms with Crippen LogP contribution in [0.1, 0.15) is 23.7 Å². The molecule has 1 aliphatic rings. The van der Waals surface area contributed by atoms with Gasteiger partial charge in [-0.2, -0.15) is 0 Å². The topological polar surface area (TPSA) is 64.7 Å². The average molecular weight is 397 g/mol. The van der Waals surface area contributed by atoms with E-state index >= 15 is 0 Å². The second-order valence-electron chi connectivity index (χ2n) is 6.51. The summed E-state index contributed by atoms with van der Waals surface area (Å²) in [5.74, 6) is -0.0573. The van der Waals surface area contributed by atoms with Crippen molar-refractivity contribution in [1.82, 2.24) is 10.2 Å². The molecule has 1 heterocycles. The number of benzene rings is 2. The molecule has 0 unspecified atom stereocenters. The predicted molar refractivity (Wildman–Crippen MR) is 116 cm³/mol. The van der Waals surface area contributed by atoms with Crippen LogP contribution >= 0.6 is 12.2 Å². The van der Waals surface area contributed by atoms with E-state index in [2.05, 4.69) is 15.5 Å². The smallest absolute Gasteiger partial charge is 0.257 e. The molecular weight excluding hydrogens is 372 g/mol. The SMILES string of the molecule is CCC(=O)N1CCN(c2ccccc2NC(=S)NC(=O)c2ccccc2)CC1. The minimum Gasteiger partial charge on any atom is -0.366 e. The molecule has 0 atom stereocenters. The van der Waals surface area contributed by atoms with Crippen molar-refractivity contribution < 1.29 is 9.59 Å². The van der Waals surface area contributed by atoms with E-state index in [9.17, 15) is 9.59 Å². The quantitative estimate of drug-likeness (QED) is 0.778. The van der Waals surface area contributed by atoms with Crippen molar-refractivity contribution in [2.75, 3.05) is 36.4 Å². The van der Waals surface area contributed by atoms with Gasteiger partial charge < -0.3 is 15.1 Å². The van der Waals surface area contributed by atoms with Crippen molar-refractivity contribution in [2.45, 2.75) is 13.3 Å². The lowest BCUT2D eigenvalue weighted by atomic mass is 10.2. The first-order chi connectivity index (χ1) is 13.6. The van der Waals surface area contributed by atoms with Crippen LogP contribution in [0.2, 0.25) is 0 Å². The van der Waals surface area contributed by atoms with Crippen molar-refractivity contribution in [1.29, 1.82) is 0 Å². The number of hydrogen-bond acceptors (Lipinski definition) is 4. The zero-order valence-electron chi connectivity index (χ0n) is 15.9. The molecule has 0 bridgehead atoms. The summed E-state index contributed by atoms with van der Waals surface area (Å²) in [6, 6.07) is 16.8. The van der Waals surface area contributed by atoms with Gasteiger partial charge in [-0.1, -0.05) is 37.3 Å². The first kappa shape index (κ1) is 19.8. The largest absolute Gasteiger partial charge is 0.366 e. The van der Waals surface area contributed by atoms with E-state index in [1.54, 1.807) is 12.1 Å². The van der Waals surface area contributed by atoms with Gasteiger partial charge in [0.05, 0.1) is 11.4 Å². The van der Waals surface area contributed by atoms with Crippen LogP contribution in [0.15, 0.2) is 54.6 Å². The lowest BCUT2D eigenvalue weighted by Crippen LogP contribution is -2.48. The number of piperazine rings is 1. The zero-order valence-corrected chi connectivity index (χ0v) is 16.7. The normalized spacial score (nSPS) is 13.8.